The number of nitro groups is 1. The molecule has 2 rings (SSSR count). The van der Waals surface area contributed by atoms with E-state index in [2.05, 4.69) is 5.32 Å². The monoisotopic (exact) mass is 280 g/mol. The quantitative estimate of drug-likeness (QED) is 0.588. The summed E-state index contributed by atoms with van der Waals surface area (Å²) in [7, 11) is 0. The number of para-hydroxylation sites is 2. The predicted molar refractivity (Wildman–Crippen MR) is 74.9 cm³/mol. The van der Waals surface area contributed by atoms with Crippen LogP contribution in [0.4, 0.5) is 5.69 Å². The van der Waals surface area contributed by atoms with Gasteiger partial charge in [-0.05, 0) is 18.9 Å². The molecule has 0 radical (unpaired) electrons. The molecule has 2 N–H and O–H groups in total. The molecule has 0 unspecified atom stereocenters. The van der Waals surface area contributed by atoms with Gasteiger partial charge in [-0.15, -0.1) is 0 Å². The van der Waals surface area contributed by atoms with Crippen molar-refractivity contribution in [3.63, 3.8) is 0 Å². The molecule has 6 nitrogen and oxygen atoms in total. The maximum atomic E-state index is 10.8. The van der Waals surface area contributed by atoms with Gasteiger partial charge in [0.25, 0.3) is 0 Å². The number of nitrogens with one attached hydrogen (secondary N) is 1. The molecular weight excluding hydrogens is 260 g/mol. The van der Waals surface area contributed by atoms with Crippen LogP contribution in [-0.2, 0) is 0 Å². The van der Waals surface area contributed by atoms with Crippen LogP contribution in [0.2, 0.25) is 0 Å². The maximum absolute atomic E-state index is 10.8. The molecule has 1 saturated carbocycles. The lowest BCUT2D eigenvalue weighted by molar-refractivity contribution is -0.385. The topological polar surface area (TPSA) is 84.6 Å². The first kappa shape index (κ1) is 14.7. The van der Waals surface area contributed by atoms with E-state index in [1.54, 1.807) is 12.1 Å². The number of rotatable bonds is 7. The van der Waals surface area contributed by atoms with Crippen molar-refractivity contribution in [1.29, 1.82) is 0 Å². The van der Waals surface area contributed by atoms with Gasteiger partial charge in [0.1, 0.15) is 12.7 Å². The van der Waals surface area contributed by atoms with Gasteiger partial charge in [-0.25, -0.2) is 0 Å². The molecule has 20 heavy (non-hydrogen) atoms. The molecule has 0 bridgehead atoms. The molecule has 0 aliphatic heterocycles. The van der Waals surface area contributed by atoms with Crippen molar-refractivity contribution in [2.75, 3.05) is 13.2 Å². The molecule has 1 aromatic carbocycles. The number of aliphatic hydroxyl groups excluding tert-OH is 1. The van der Waals surface area contributed by atoms with Crippen molar-refractivity contribution in [2.45, 2.75) is 37.8 Å². The van der Waals surface area contributed by atoms with Crippen LogP contribution < -0.4 is 10.1 Å². The minimum atomic E-state index is -0.671. The van der Waals surface area contributed by atoms with E-state index in [0.717, 1.165) is 12.8 Å². The van der Waals surface area contributed by atoms with E-state index < -0.39 is 11.0 Å². The highest BCUT2D eigenvalue weighted by molar-refractivity contribution is 5.45. The van der Waals surface area contributed by atoms with E-state index in [4.69, 9.17) is 4.74 Å². The van der Waals surface area contributed by atoms with E-state index in [1.807, 2.05) is 0 Å². The van der Waals surface area contributed by atoms with Crippen LogP contribution in [0.3, 0.4) is 0 Å². The summed E-state index contributed by atoms with van der Waals surface area (Å²) in [6.07, 6.45) is 4.10. The Morgan fingerprint density at radius 1 is 1.40 bits per heavy atom. The summed E-state index contributed by atoms with van der Waals surface area (Å²) < 4.78 is 5.34. The van der Waals surface area contributed by atoms with Crippen molar-refractivity contribution in [3.8, 4) is 5.75 Å². The van der Waals surface area contributed by atoms with E-state index in [0.29, 0.717) is 12.6 Å². The molecule has 1 aliphatic rings. The fourth-order valence-corrected chi connectivity index (χ4v) is 2.41. The summed E-state index contributed by atoms with van der Waals surface area (Å²) in [5.41, 5.74) is -0.0801. The van der Waals surface area contributed by atoms with Gasteiger partial charge < -0.3 is 15.2 Å². The Balaban J connectivity index is 1.77. The van der Waals surface area contributed by atoms with Gasteiger partial charge in [0.15, 0.2) is 5.75 Å². The highest BCUT2D eigenvalue weighted by Crippen LogP contribution is 2.25. The number of aliphatic hydroxyl groups is 1. The molecule has 0 spiro atoms. The summed E-state index contributed by atoms with van der Waals surface area (Å²) >= 11 is 0. The predicted octanol–water partition coefficient (Wildman–Crippen LogP) is 1.87. The SMILES string of the molecule is O=[N+]([O-])c1ccccc1OC[C@@H](O)CNC1CCCC1. The second-order valence-electron chi connectivity index (χ2n) is 5.08. The molecule has 1 fully saturated rings. The smallest absolute Gasteiger partial charge is 0.310 e. The number of hydrogen-bond acceptors (Lipinski definition) is 5. The Hall–Kier alpha value is -1.66. The Bertz CT molecular complexity index is 447. The van der Waals surface area contributed by atoms with Crippen molar-refractivity contribution in [3.05, 3.63) is 34.4 Å². The average Bonchev–Trinajstić information content (AvgIpc) is 2.96. The largest absolute Gasteiger partial charge is 0.484 e. The minimum absolute atomic E-state index is 0.0462. The fourth-order valence-electron chi connectivity index (χ4n) is 2.41. The first-order valence-corrected chi connectivity index (χ1v) is 6.94. The zero-order valence-corrected chi connectivity index (χ0v) is 11.3. The summed E-state index contributed by atoms with van der Waals surface area (Å²) in [6, 6.07) is 6.66. The average molecular weight is 280 g/mol. The normalized spacial score (nSPS) is 17.1. The molecule has 0 heterocycles. The standard InChI is InChI=1S/C14H20N2O4/c17-12(9-15-11-5-1-2-6-11)10-20-14-8-4-3-7-13(14)16(18)19/h3-4,7-8,11-12,15,17H,1-2,5-6,9-10H2/t12-/m0/s1. The number of benzene rings is 1. The van der Waals surface area contributed by atoms with Crippen molar-refractivity contribution >= 4 is 5.69 Å². The lowest BCUT2D eigenvalue weighted by Gasteiger charge is -2.16. The zero-order chi connectivity index (χ0) is 14.4. The third-order valence-corrected chi connectivity index (χ3v) is 3.49. The van der Waals surface area contributed by atoms with Gasteiger partial charge in [-0.3, -0.25) is 10.1 Å². The minimum Gasteiger partial charge on any atom is -0.484 e. The van der Waals surface area contributed by atoms with Crippen molar-refractivity contribution < 1.29 is 14.8 Å². The molecular formula is C14H20N2O4. The first-order valence-electron chi connectivity index (χ1n) is 6.94. The summed E-state index contributed by atoms with van der Waals surface area (Å²) in [4.78, 5) is 10.3. The Labute approximate surface area is 117 Å². The first-order chi connectivity index (χ1) is 9.66. The van der Waals surface area contributed by atoms with Crippen LogP contribution >= 0.6 is 0 Å². The lowest BCUT2D eigenvalue weighted by atomic mass is 10.2. The highest BCUT2D eigenvalue weighted by Gasteiger charge is 2.17. The number of nitro benzene ring substituents is 1. The Kier molecular flexibility index (Phi) is 5.31. The molecule has 1 aromatic rings. The van der Waals surface area contributed by atoms with Gasteiger partial charge in [0.05, 0.1) is 4.92 Å². The van der Waals surface area contributed by atoms with Gasteiger partial charge in [0, 0.05) is 18.7 Å². The molecule has 0 amide bonds. The van der Waals surface area contributed by atoms with Crippen molar-refractivity contribution in [2.24, 2.45) is 0 Å². The molecule has 0 saturated heterocycles. The van der Waals surface area contributed by atoms with Crippen molar-refractivity contribution in [1.82, 2.24) is 5.32 Å². The second-order valence-corrected chi connectivity index (χ2v) is 5.08. The molecule has 6 heteroatoms. The number of nitrogens with zero attached hydrogens (tertiary/aromatic N) is 1. The third kappa shape index (κ3) is 4.18. The number of ether oxygens (including phenoxy) is 1. The second kappa shape index (κ2) is 7.21. The zero-order valence-electron chi connectivity index (χ0n) is 11.3. The van der Waals surface area contributed by atoms with E-state index >= 15 is 0 Å². The fraction of sp³-hybridized carbons (Fsp3) is 0.571. The molecule has 1 aliphatic carbocycles. The van der Waals surface area contributed by atoms with Crippen LogP contribution in [-0.4, -0.2) is 35.3 Å². The van der Waals surface area contributed by atoms with Gasteiger partial charge in [0.2, 0.25) is 0 Å². The van der Waals surface area contributed by atoms with Gasteiger partial charge in [-0.1, -0.05) is 25.0 Å². The van der Waals surface area contributed by atoms with E-state index in [-0.39, 0.29) is 18.0 Å². The highest BCUT2D eigenvalue weighted by atomic mass is 16.6. The van der Waals surface area contributed by atoms with E-state index in [1.165, 1.54) is 25.0 Å². The van der Waals surface area contributed by atoms with E-state index in [9.17, 15) is 15.2 Å². The molecule has 110 valence electrons. The summed E-state index contributed by atoms with van der Waals surface area (Å²) in [6.45, 7) is 0.496. The van der Waals surface area contributed by atoms with Crippen LogP contribution in [0, 0.1) is 10.1 Å². The lowest BCUT2D eigenvalue weighted by Crippen LogP contribution is -2.36. The Morgan fingerprint density at radius 3 is 2.80 bits per heavy atom. The van der Waals surface area contributed by atoms with Crippen LogP contribution in [0.5, 0.6) is 5.75 Å². The maximum Gasteiger partial charge on any atom is 0.310 e. The third-order valence-electron chi connectivity index (χ3n) is 3.49. The number of hydrogen-bond donors (Lipinski definition) is 2. The Morgan fingerprint density at radius 2 is 2.10 bits per heavy atom. The summed E-state index contributed by atoms with van der Waals surface area (Å²) in [5.74, 6) is 0.192. The van der Waals surface area contributed by atoms with Crippen LogP contribution in [0.25, 0.3) is 0 Å². The van der Waals surface area contributed by atoms with Gasteiger partial charge >= 0.3 is 5.69 Å². The van der Waals surface area contributed by atoms with Crippen LogP contribution in [0.15, 0.2) is 24.3 Å². The van der Waals surface area contributed by atoms with Crippen LogP contribution in [0.1, 0.15) is 25.7 Å². The summed E-state index contributed by atoms with van der Waals surface area (Å²) in [5, 5.41) is 24.0. The van der Waals surface area contributed by atoms with Gasteiger partial charge in [-0.2, -0.15) is 0 Å². The molecule has 0 aromatic heterocycles. The molecule has 1 atom stereocenters.